The zero-order valence-electron chi connectivity index (χ0n) is 8.01. The van der Waals surface area contributed by atoms with Gasteiger partial charge in [0.25, 0.3) is 0 Å². The second kappa shape index (κ2) is 4.19. The van der Waals surface area contributed by atoms with Gasteiger partial charge < -0.3 is 15.4 Å². The van der Waals surface area contributed by atoms with Crippen molar-refractivity contribution in [3.05, 3.63) is 22.7 Å². The molecule has 0 aliphatic carbocycles. The van der Waals surface area contributed by atoms with E-state index in [-0.39, 0.29) is 0 Å². The molecule has 1 aromatic carbocycles. The zero-order valence-corrected chi connectivity index (χ0v) is 9.60. The fraction of sp³-hybridized carbons (Fsp3) is 0.400. The van der Waals surface area contributed by atoms with Crippen LogP contribution in [0.3, 0.4) is 0 Å². The molecule has 1 aliphatic rings. The summed E-state index contributed by atoms with van der Waals surface area (Å²) >= 11 is 3.51. The van der Waals surface area contributed by atoms with E-state index in [9.17, 15) is 0 Å². The number of para-hydroxylation sites is 1. The van der Waals surface area contributed by atoms with Gasteiger partial charge in [-0.15, -0.1) is 0 Å². The lowest BCUT2D eigenvalue weighted by molar-refractivity contribution is 0.188. The van der Waals surface area contributed by atoms with E-state index >= 15 is 0 Å². The van der Waals surface area contributed by atoms with Gasteiger partial charge in [-0.1, -0.05) is 6.07 Å². The van der Waals surface area contributed by atoms with Gasteiger partial charge in [0.1, 0.15) is 0 Å². The molecule has 0 saturated carbocycles. The summed E-state index contributed by atoms with van der Waals surface area (Å²) in [5, 5.41) is 6.80. The smallest absolute Gasteiger partial charge is 0.0721 e. The molecule has 0 radical (unpaired) electrons. The number of methoxy groups -OCH3 is 1. The van der Waals surface area contributed by atoms with Crippen LogP contribution in [0.15, 0.2) is 22.7 Å². The van der Waals surface area contributed by atoms with Crippen LogP contribution in [-0.2, 0) is 4.74 Å². The predicted molar refractivity (Wildman–Crippen MR) is 61.9 cm³/mol. The first kappa shape index (κ1) is 9.80. The molecule has 0 aromatic heterocycles. The summed E-state index contributed by atoms with van der Waals surface area (Å²) in [4.78, 5) is 0. The molecule has 1 heterocycles. The summed E-state index contributed by atoms with van der Waals surface area (Å²) in [6.45, 7) is 1.61. The van der Waals surface area contributed by atoms with Gasteiger partial charge in [0.05, 0.1) is 24.0 Å². The number of benzene rings is 1. The number of anilines is 2. The van der Waals surface area contributed by atoms with Crippen LogP contribution in [0, 0.1) is 0 Å². The van der Waals surface area contributed by atoms with Gasteiger partial charge in [0.15, 0.2) is 0 Å². The van der Waals surface area contributed by atoms with E-state index in [0.717, 1.165) is 29.0 Å². The molecule has 14 heavy (non-hydrogen) atoms. The average molecular weight is 257 g/mol. The summed E-state index contributed by atoms with van der Waals surface area (Å²) in [5.41, 5.74) is 2.27. The lowest BCUT2D eigenvalue weighted by Crippen LogP contribution is -2.36. The zero-order chi connectivity index (χ0) is 9.97. The molecule has 0 bridgehead atoms. The first-order chi connectivity index (χ1) is 6.81. The molecule has 0 saturated heterocycles. The number of rotatable bonds is 2. The van der Waals surface area contributed by atoms with E-state index < -0.39 is 0 Å². The summed E-state index contributed by atoms with van der Waals surface area (Å²) in [6.07, 6.45) is 0. The first-order valence-corrected chi connectivity index (χ1v) is 5.38. The van der Waals surface area contributed by atoms with Crippen molar-refractivity contribution in [2.24, 2.45) is 0 Å². The van der Waals surface area contributed by atoms with Crippen molar-refractivity contribution in [1.29, 1.82) is 0 Å². The third-order valence-electron chi connectivity index (χ3n) is 2.27. The van der Waals surface area contributed by atoms with Crippen molar-refractivity contribution < 1.29 is 4.74 Å². The second-order valence-corrected chi connectivity index (χ2v) is 4.19. The lowest BCUT2D eigenvalue weighted by atomic mass is 10.1. The Morgan fingerprint density at radius 1 is 1.57 bits per heavy atom. The number of halogens is 1. The Morgan fingerprint density at radius 2 is 2.43 bits per heavy atom. The topological polar surface area (TPSA) is 33.3 Å². The Hall–Kier alpha value is -0.740. The van der Waals surface area contributed by atoms with Crippen molar-refractivity contribution in [3.8, 4) is 0 Å². The largest absolute Gasteiger partial charge is 0.382 e. The van der Waals surface area contributed by atoms with Crippen LogP contribution in [0.2, 0.25) is 0 Å². The van der Waals surface area contributed by atoms with Gasteiger partial charge in [-0.05, 0) is 28.1 Å². The molecule has 1 unspecified atom stereocenters. The van der Waals surface area contributed by atoms with Crippen molar-refractivity contribution in [3.63, 3.8) is 0 Å². The molecular weight excluding hydrogens is 244 g/mol. The average Bonchev–Trinajstić information content (AvgIpc) is 2.18. The van der Waals surface area contributed by atoms with Crippen LogP contribution in [0.25, 0.3) is 0 Å². The van der Waals surface area contributed by atoms with Crippen LogP contribution in [0.5, 0.6) is 0 Å². The van der Waals surface area contributed by atoms with E-state index in [1.807, 2.05) is 12.1 Å². The summed E-state index contributed by atoms with van der Waals surface area (Å²) in [7, 11) is 1.72. The predicted octanol–water partition coefficient (Wildman–Crippen LogP) is 2.30. The Labute approximate surface area is 92.0 Å². The third kappa shape index (κ3) is 1.86. The van der Waals surface area contributed by atoms with Crippen molar-refractivity contribution in [1.82, 2.24) is 0 Å². The molecule has 1 aromatic rings. The minimum atomic E-state index is 0.349. The molecule has 0 amide bonds. The van der Waals surface area contributed by atoms with E-state index in [0.29, 0.717) is 6.04 Å². The quantitative estimate of drug-likeness (QED) is 0.852. The molecule has 1 aliphatic heterocycles. The summed E-state index contributed by atoms with van der Waals surface area (Å²) < 4.78 is 6.21. The number of hydrogen-bond donors (Lipinski definition) is 2. The Kier molecular flexibility index (Phi) is 2.93. The molecule has 0 fully saturated rings. The molecule has 2 N–H and O–H groups in total. The first-order valence-electron chi connectivity index (χ1n) is 4.59. The molecular formula is C10H13BrN2O. The Morgan fingerprint density at radius 3 is 3.21 bits per heavy atom. The normalized spacial score (nSPS) is 19.4. The van der Waals surface area contributed by atoms with Gasteiger partial charge >= 0.3 is 0 Å². The minimum Gasteiger partial charge on any atom is -0.382 e. The fourth-order valence-electron chi connectivity index (χ4n) is 1.62. The summed E-state index contributed by atoms with van der Waals surface area (Å²) in [6, 6.07) is 6.47. The molecule has 1 atom stereocenters. The molecule has 3 nitrogen and oxygen atoms in total. The highest BCUT2D eigenvalue weighted by atomic mass is 79.9. The Balaban J connectivity index is 2.18. The van der Waals surface area contributed by atoms with Crippen molar-refractivity contribution in [2.45, 2.75) is 6.04 Å². The number of hydrogen-bond acceptors (Lipinski definition) is 3. The molecule has 0 spiro atoms. The number of ether oxygens (including phenoxy) is 1. The molecule has 4 heteroatoms. The molecule has 2 rings (SSSR count). The van der Waals surface area contributed by atoms with E-state index in [4.69, 9.17) is 4.74 Å². The summed E-state index contributed by atoms with van der Waals surface area (Å²) in [5.74, 6) is 0. The van der Waals surface area contributed by atoms with Crippen molar-refractivity contribution >= 4 is 27.3 Å². The van der Waals surface area contributed by atoms with E-state index in [1.165, 1.54) is 0 Å². The van der Waals surface area contributed by atoms with Crippen molar-refractivity contribution in [2.75, 3.05) is 30.9 Å². The number of nitrogens with one attached hydrogen (secondary N) is 2. The Bertz CT molecular complexity index is 330. The van der Waals surface area contributed by atoms with Gasteiger partial charge in [0, 0.05) is 18.1 Å². The van der Waals surface area contributed by atoms with Crippen LogP contribution in [0.1, 0.15) is 0 Å². The van der Waals surface area contributed by atoms with Gasteiger partial charge in [0.2, 0.25) is 0 Å². The molecule has 76 valence electrons. The van der Waals surface area contributed by atoms with Crippen LogP contribution in [0.4, 0.5) is 11.4 Å². The highest BCUT2D eigenvalue weighted by molar-refractivity contribution is 9.10. The maximum atomic E-state index is 5.11. The standard InChI is InChI=1S/C10H13BrN2O/c1-14-6-7-5-12-10-8(11)3-2-4-9(10)13-7/h2-4,7,12-13H,5-6H2,1H3. The van der Waals surface area contributed by atoms with E-state index in [1.54, 1.807) is 7.11 Å². The third-order valence-corrected chi connectivity index (χ3v) is 2.93. The highest BCUT2D eigenvalue weighted by Crippen LogP contribution is 2.33. The maximum absolute atomic E-state index is 5.11. The second-order valence-electron chi connectivity index (χ2n) is 3.34. The van der Waals surface area contributed by atoms with Gasteiger partial charge in [-0.3, -0.25) is 0 Å². The van der Waals surface area contributed by atoms with E-state index in [2.05, 4.69) is 32.6 Å². The SMILES string of the molecule is COCC1CNc2c(Br)cccc2N1. The van der Waals surface area contributed by atoms with Gasteiger partial charge in [-0.25, -0.2) is 0 Å². The fourth-order valence-corrected chi connectivity index (χ4v) is 2.13. The maximum Gasteiger partial charge on any atom is 0.0721 e. The number of fused-ring (bicyclic) bond motifs is 1. The minimum absolute atomic E-state index is 0.349. The van der Waals surface area contributed by atoms with Crippen LogP contribution in [-0.4, -0.2) is 26.3 Å². The van der Waals surface area contributed by atoms with Crippen LogP contribution < -0.4 is 10.6 Å². The van der Waals surface area contributed by atoms with Gasteiger partial charge in [-0.2, -0.15) is 0 Å². The lowest BCUT2D eigenvalue weighted by Gasteiger charge is -2.28. The highest BCUT2D eigenvalue weighted by Gasteiger charge is 2.17. The van der Waals surface area contributed by atoms with Crippen LogP contribution >= 0.6 is 15.9 Å². The monoisotopic (exact) mass is 256 g/mol.